The van der Waals surface area contributed by atoms with Crippen LogP contribution in [-0.2, 0) is 21.7 Å². The van der Waals surface area contributed by atoms with Gasteiger partial charge in [-0.15, -0.1) is 0 Å². The van der Waals surface area contributed by atoms with E-state index in [1.54, 1.807) is 0 Å². The van der Waals surface area contributed by atoms with E-state index < -0.39 is 0 Å². The third kappa shape index (κ3) is 9.70. The molecular weight excluding hydrogens is 1160 g/mol. The first kappa shape index (κ1) is 59.1. The van der Waals surface area contributed by atoms with Gasteiger partial charge in [0.1, 0.15) is 0 Å². The molecule has 0 fully saturated rings. The van der Waals surface area contributed by atoms with Crippen LogP contribution in [0.3, 0.4) is 0 Å². The molecular formula is C92H78N4. The molecule has 1 aliphatic carbocycles. The number of nitrogens with one attached hydrogen (secondary N) is 2. The molecule has 96 heavy (non-hydrogen) atoms. The van der Waals surface area contributed by atoms with Crippen LogP contribution in [0.5, 0.6) is 0 Å². The molecule has 2 aliphatic heterocycles. The fourth-order valence-corrected chi connectivity index (χ4v) is 15.3. The van der Waals surface area contributed by atoms with Gasteiger partial charge in [-0.2, -0.15) is 0 Å². The van der Waals surface area contributed by atoms with Gasteiger partial charge in [0.2, 0.25) is 0 Å². The van der Waals surface area contributed by atoms with Crippen LogP contribution in [0.1, 0.15) is 105 Å². The van der Waals surface area contributed by atoms with Crippen molar-refractivity contribution in [3.8, 4) is 89.5 Å². The van der Waals surface area contributed by atoms with Gasteiger partial charge in [-0.25, -0.2) is 9.97 Å². The molecule has 4 heterocycles. The van der Waals surface area contributed by atoms with Crippen LogP contribution in [0.4, 0.5) is 0 Å². The van der Waals surface area contributed by atoms with E-state index in [4.69, 9.17) is 9.97 Å². The van der Waals surface area contributed by atoms with Crippen LogP contribution in [0, 0.1) is 0 Å². The Kier molecular flexibility index (Phi) is 13.2. The Morgan fingerprint density at radius 3 is 0.615 bits per heavy atom. The molecule has 466 valence electrons. The molecule has 17 rings (SSSR count). The molecule has 0 saturated carbocycles. The molecule has 4 heteroatoms. The standard InChI is InChI=1S/C92H78N4/c1-89(2,3)65-37-21-33-61(41-65)77-81-69-45-53-25-13-15-27-55(53)47-71(69)83(93-81)78(62-34-22-38-66(42-62)90(4,5)6)85-73-49-57-29-17-19-31-59(57)51-75(73)87(95-85)80(64-36-24-40-68(44-64)92(10,11)12)88-76-52-60-32-20-18-30-58(60)50-74(76)86(96-88)79(63-35-23-39-67(43-63)91(7,8)9)84-72-48-56-28-16-14-26-54(56)46-70(72)82(77)94-84/h13-52,93,96H,1-12H3. The molecule has 0 amide bonds. The summed E-state index contributed by atoms with van der Waals surface area (Å²) in [6.45, 7) is 27.8. The molecule has 8 bridgehead atoms. The second-order valence-corrected chi connectivity index (χ2v) is 31.2. The van der Waals surface area contributed by atoms with Gasteiger partial charge in [0, 0.05) is 66.1 Å². The second kappa shape index (κ2) is 21.4. The lowest BCUT2D eigenvalue weighted by molar-refractivity contribution is 0.590. The first-order valence-electron chi connectivity index (χ1n) is 34.1. The first-order chi connectivity index (χ1) is 46.1. The van der Waals surface area contributed by atoms with Crippen molar-refractivity contribution in [3.63, 3.8) is 0 Å². The topological polar surface area (TPSA) is 57.4 Å². The Hall–Kier alpha value is -10.7. The van der Waals surface area contributed by atoms with Gasteiger partial charge in [-0.1, -0.05) is 277 Å². The number of hydrogen-bond donors (Lipinski definition) is 2. The number of rotatable bonds is 4. The normalized spacial score (nSPS) is 12.8. The van der Waals surface area contributed by atoms with Crippen molar-refractivity contribution in [2.24, 2.45) is 0 Å². The largest absolute Gasteiger partial charge is 0.353 e. The van der Waals surface area contributed by atoms with Gasteiger partial charge in [-0.3, -0.25) is 0 Å². The highest BCUT2D eigenvalue weighted by atomic mass is 14.8. The van der Waals surface area contributed by atoms with Gasteiger partial charge in [-0.05, 0) is 158 Å². The van der Waals surface area contributed by atoms with Gasteiger partial charge < -0.3 is 9.97 Å². The quantitative estimate of drug-likeness (QED) is 0.184. The van der Waals surface area contributed by atoms with Crippen LogP contribution >= 0.6 is 0 Å². The number of H-pyrrole nitrogens is 2. The minimum atomic E-state index is -0.165. The molecule has 0 saturated heterocycles. The summed E-state index contributed by atoms with van der Waals surface area (Å²) < 4.78 is 0. The zero-order valence-corrected chi connectivity index (χ0v) is 57.0. The Morgan fingerprint density at radius 1 is 0.219 bits per heavy atom. The highest BCUT2D eigenvalue weighted by Gasteiger charge is 2.33. The number of fused-ring (bicyclic) bond motifs is 4. The van der Waals surface area contributed by atoms with Crippen molar-refractivity contribution in [2.45, 2.75) is 105 Å². The number of hydrogen-bond acceptors (Lipinski definition) is 2. The third-order valence-electron chi connectivity index (χ3n) is 20.6. The Balaban J connectivity index is 1.24. The summed E-state index contributed by atoms with van der Waals surface area (Å²) in [7, 11) is 0. The van der Waals surface area contributed by atoms with Crippen molar-refractivity contribution in [2.75, 3.05) is 0 Å². The molecule has 2 aromatic heterocycles. The monoisotopic (exact) mass is 1240 g/mol. The molecule has 0 unspecified atom stereocenters. The average molecular weight is 1240 g/mol. The van der Waals surface area contributed by atoms with Gasteiger partial charge >= 0.3 is 0 Å². The zero-order valence-electron chi connectivity index (χ0n) is 57.0. The van der Waals surface area contributed by atoms with E-state index in [0.29, 0.717) is 0 Å². The summed E-state index contributed by atoms with van der Waals surface area (Å²) in [4.78, 5) is 21.8. The van der Waals surface area contributed by atoms with Crippen LogP contribution in [0.25, 0.3) is 176 Å². The summed E-state index contributed by atoms with van der Waals surface area (Å²) in [5.74, 6) is 0. The lowest BCUT2D eigenvalue weighted by Gasteiger charge is -2.20. The first-order valence-corrected chi connectivity index (χ1v) is 34.1. The van der Waals surface area contributed by atoms with Crippen molar-refractivity contribution in [1.29, 1.82) is 0 Å². The smallest absolute Gasteiger partial charge is 0.0816 e. The van der Waals surface area contributed by atoms with E-state index in [0.717, 1.165) is 176 Å². The Morgan fingerprint density at radius 2 is 0.417 bits per heavy atom. The zero-order chi connectivity index (χ0) is 65.9. The van der Waals surface area contributed by atoms with Gasteiger partial charge in [0.25, 0.3) is 0 Å². The number of nitrogens with zero attached hydrogens (tertiary/aromatic N) is 2. The maximum absolute atomic E-state index is 6.43. The summed E-state index contributed by atoms with van der Waals surface area (Å²) >= 11 is 0. The fraction of sp³-hybridized carbons (Fsp3) is 0.174. The molecule has 4 nitrogen and oxygen atoms in total. The average Bonchev–Trinajstić information content (AvgIpc) is 1.55. The maximum atomic E-state index is 6.43. The van der Waals surface area contributed by atoms with E-state index in [1.807, 2.05) is 0 Å². The third-order valence-corrected chi connectivity index (χ3v) is 20.6. The van der Waals surface area contributed by atoms with E-state index >= 15 is 0 Å². The van der Waals surface area contributed by atoms with Gasteiger partial charge in [0.05, 0.1) is 44.8 Å². The predicted octanol–water partition coefficient (Wildman–Crippen LogP) is 25.8. The highest BCUT2D eigenvalue weighted by molar-refractivity contribution is 6.25. The minimum absolute atomic E-state index is 0.165. The highest BCUT2D eigenvalue weighted by Crippen LogP contribution is 2.54. The fourth-order valence-electron chi connectivity index (χ4n) is 15.3. The minimum Gasteiger partial charge on any atom is -0.353 e. The molecule has 0 spiro atoms. The number of benzene rings is 12. The van der Waals surface area contributed by atoms with Crippen molar-refractivity contribution in [1.82, 2.24) is 19.9 Å². The van der Waals surface area contributed by atoms with Crippen molar-refractivity contribution in [3.05, 3.63) is 265 Å². The molecule has 0 atom stereocenters. The van der Waals surface area contributed by atoms with Crippen LogP contribution < -0.4 is 0 Å². The molecule has 2 N–H and O–H groups in total. The molecule has 12 aromatic carbocycles. The maximum Gasteiger partial charge on any atom is 0.0816 e. The van der Waals surface area contributed by atoms with E-state index in [9.17, 15) is 0 Å². The SMILES string of the molecule is CC(C)(C)c1cccc(-c2c3nc(c(-c4cccc(C(C)(C)C)c4)c4[nH]c(c(-c5cccc(C(C)(C)C)c5)c5nc(c(-c6cccc(C(C)(C)C)c6)c6[nH]c2c2cc7ccccc7cc62)-c2cc6ccccc6cc2-5)c2cc5ccccc5cc42)-c2cc4ccccc4cc2-3)c1. The van der Waals surface area contributed by atoms with Crippen LogP contribution in [-0.4, -0.2) is 19.9 Å². The summed E-state index contributed by atoms with van der Waals surface area (Å²) in [5, 5.41) is 13.7. The van der Waals surface area contributed by atoms with Crippen LogP contribution in [0.15, 0.2) is 243 Å². The Labute approximate surface area is 562 Å². The summed E-state index contributed by atoms with van der Waals surface area (Å²) in [6, 6.07) is 92.0. The second-order valence-electron chi connectivity index (χ2n) is 31.2. The Bertz CT molecular complexity index is 5270. The molecule has 14 aromatic rings. The van der Waals surface area contributed by atoms with Crippen molar-refractivity contribution < 1.29 is 0 Å². The van der Waals surface area contributed by atoms with E-state index in [1.165, 1.54) is 22.3 Å². The number of aromatic nitrogens is 4. The van der Waals surface area contributed by atoms with Crippen molar-refractivity contribution >= 4 is 86.7 Å². The lowest BCUT2D eigenvalue weighted by atomic mass is 9.84. The number of aromatic amines is 2. The summed E-state index contributed by atoms with van der Waals surface area (Å²) in [5.41, 5.74) is 24.7. The van der Waals surface area contributed by atoms with E-state index in [2.05, 4.69) is 336 Å². The van der Waals surface area contributed by atoms with Crippen LogP contribution in [0.2, 0.25) is 0 Å². The predicted molar refractivity (Wildman–Crippen MR) is 411 cm³/mol. The molecule has 0 radical (unpaired) electrons. The van der Waals surface area contributed by atoms with E-state index in [-0.39, 0.29) is 21.7 Å². The van der Waals surface area contributed by atoms with Gasteiger partial charge in [0.15, 0.2) is 0 Å². The lowest BCUT2D eigenvalue weighted by Crippen LogP contribution is -2.10. The summed E-state index contributed by atoms with van der Waals surface area (Å²) in [6.07, 6.45) is 0. The molecule has 3 aliphatic rings.